The van der Waals surface area contributed by atoms with Gasteiger partial charge in [0.2, 0.25) is 10.0 Å². The molecule has 0 bridgehead atoms. The summed E-state index contributed by atoms with van der Waals surface area (Å²) in [5.41, 5.74) is 4.10. The topological polar surface area (TPSA) is 99.8 Å². The van der Waals surface area contributed by atoms with Crippen LogP contribution in [-0.4, -0.2) is 53.2 Å². The molecular weight excluding hydrogens is 392 g/mol. The molecule has 1 fully saturated rings. The molecule has 3 rings (SSSR count). The molecular formula is C21H28N2O5S. The predicted octanol–water partition coefficient (Wildman–Crippen LogP) is 2.10. The highest BCUT2D eigenvalue weighted by Gasteiger charge is 2.29. The first kappa shape index (κ1) is 21.5. The molecule has 1 aromatic carbocycles. The number of carboxylic acid groups (broad SMARTS) is 1. The van der Waals surface area contributed by atoms with E-state index in [-0.39, 0.29) is 13.2 Å². The van der Waals surface area contributed by atoms with E-state index < -0.39 is 16.0 Å². The Morgan fingerprint density at radius 2 is 1.79 bits per heavy atom. The van der Waals surface area contributed by atoms with Gasteiger partial charge in [0, 0.05) is 43.9 Å². The van der Waals surface area contributed by atoms with Gasteiger partial charge in [0.1, 0.15) is 6.54 Å². The third-order valence-corrected chi connectivity index (χ3v) is 7.72. The van der Waals surface area contributed by atoms with Gasteiger partial charge in [-0.15, -0.1) is 0 Å². The van der Waals surface area contributed by atoms with Crippen LogP contribution in [0.2, 0.25) is 0 Å². The molecule has 8 heteroatoms. The van der Waals surface area contributed by atoms with Crippen molar-refractivity contribution in [3.63, 3.8) is 0 Å². The van der Waals surface area contributed by atoms with Crippen molar-refractivity contribution in [2.45, 2.75) is 51.0 Å². The van der Waals surface area contributed by atoms with Crippen molar-refractivity contribution >= 4 is 16.0 Å². The van der Waals surface area contributed by atoms with E-state index in [0.717, 1.165) is 35.4 Å². The number of sulfonamides is 1. The number of aliphatic carboxylic acids is 1. The zero-order valence-corrected chi connectivity index (χ0v) is 17.7. The fraction of sp³-hybridized carbons (Fsp3) is 0.476. The maximum absolute atomic E-state index is 13.1. The minimum Gasteiger partial charge on any atom is -0.480 e. The molecule has 2 heterocycles. The summed E-state index contributed by atoms with van der Waals surface area (Å²) in [6, 6.07) is 7.03. The van der Waals surface area contributed by atoms with Crippen molar-refractivity contribution in [3.05, 3.63) is 52.3 Å². The van der Waals surface area contributed by atoms with Crippen molar-refractivity contribution in [3.8, 4) is 0 Å². The van der Waals surface area contributed by atoms with Crippen molar-refractivity contribution < 1.29 is 23.4 Å². The maximum Gasteiger partial charge on any atom is 0.323 e. The average Bonchev–Trinajstić information content (AvgIpc) is 3.29. The van der Waals surface area contributed by atoms with Crippen LogP contribution in [0.1, 0.15) is 40.9 Å². The molecule has 0 amide bonds. The largest absolute Gasteiger partial charge is 0.480 e. The minimum absolute atomic E-state index is 0.0801. The first-order chi connectivity index (χ1) is 13.8. The lowest BCUT2D eigenvalue weighted by molar-refractivity contribution is -0.137. The number of hydrogen-bond donors (Lipinski definition) is 2. The van der Waals surface area contributed by atoms with E-state index in [0.29, 0.717) is 36.4 Å². The molecule has 0 atom stereocenters. The molecule has 2 aromatic rings. The van der Waals surface area contributed by atoms with E-state index >= 15 is 0 Å². The summed E-state index contributed by atoms with van der Waals surface area (Å²) in [7, 11) is -3.56. The van der Waals surface area contributed by atoms with E-state index in [1.807, 2.05) is 26.0 Å². The van der Waals surface area contributed by atoms with Crippen LogP contribution in [0.4, 0.5) is 0 Å². The van der Waals surface area contributed by atoms with Gasteiger partial charge in [0.05, 0.1) is 4.90 Å². The molecule has 2 N–H and O–H groups in total. The molecule has 1 aliphatic rings. The summed E-state index contributed by atoms with van der Waals surface area (Å²) >= 11 is 0. The second kappa shape index (κ2) is 8.69. The number of benzene rings is 1. The second-order valence-corrected chi connectivity index (χ2v) is 9.39. The van der Waals surface area contributed by atoms with Gasteiger partial charge < -0.3 is 14.8 Å². The predicted molar refractivity (Wildman–Crippen MR) is 110 cm³/mol. The fourth-order valence-corrected chi connectivity index (χ4v) is 5.95. The van der Waals surface area contributed by atoms with Crippen molar-refractivity contribution in [1.29, 1.82) is 0 Å². The van der Waals surface area contributed by atoms with E-state index in [4.69, 9.17) is 0 Å². The van der Waals surface area contributed by atoms with Gasteiger partial charge >= 0.3 is 5.97 Å². The Kier molecular flexibility index (Phi) is 6.45. The monoisotopic (exact) mass is 420 g/mol. The Bertz CT molecular complexity index is 1000. The molecule has 29 heavy (non-hydrogen) atoms. The van der Waals surface area contributed by atoms with Crippen LogP contribution >= 0.6 is 0 Å². The number of carbonyl (C=O) groups is 1. The van der Waals surface area contributed by atoms with Gasteiger partial charge in [-0.2, -0.15) is 4.31 Å². The second-order valence-electron chi connectivity index (χ2n) is 7.48. The SMILES string of the molecule is Cc1c(Cc2ccccc2S(=O)(=O)N2CCCC2)c(C)n(CC(=O)O)c1CCO. The van der Waals surface area contributed by atoms with Crippen LogP contribution in [0.25, 0.3) is 0 Å². The van der Waals surface area contributed by atoms with Crippen LogP contribution in [0, 0.1) is 13.8 Å². The summed E-state index contributed by atoms with van der Waals surface area (Å²) in [5, 5.41) is 18.7. The number of nitrogens with zero attached hydrogens (tertiary/aromatic N) is 2. The summed E-state index contributed by atoms with van der Waals surface area (Å²) in [6.07, 6.45) is 2.50. The third-order valence-electron chi connectivity index (χ3n) is 5.72. The van der Waals surface area contributed by atoms with Crippen LogP contribution in [0.3, 0.4) is 0 Å². The van der Waals surface area contributed by atoms with Crippen LogP contribution in [0.15, 0.2) is 29.2 Å². The normalized spacial score (nSPS) is 15.1. The quantitative estimate of drug-likeness (QED) is 0.681. The number of carboxylic acids is 1. The van der Waals surface area contributed by atoms with Gasteiger partial charge in [-0.3, -0.25) is 4.79 Å². The molecule has 1 saturated heterocycles. The summed E-state index contributed by atoms with van der Waals surface area (Å²) in [6.45, 7) is 4.58. The lowest BCUT2D eigenvalue weighted by atomic mass is 10.0. The van der Waals surface area contributed by atoms with Gasteiger partial charge in [-0.1, -0.05) is 18.2 Å². The van der Waals surface area contributed by atoms with E-state index in [9.17, 15) is 23.4 Å². The summed E-state index contributed by atoms with van der Waals surface area (Å²) in [4.78, 5) is 11.6. The number of aliphatic hydroxyl groups is 1. The Balaban J connectivity index is 2.04. The standard InChI is InChI=1S/C21H28N2O5S/c1-15-18(16(2)23(14-21(25)26)19(15)9-12-24)13-17-7-3-4-8-20(17)29(27,28)22-10-5-6-11-22/h3-4,7-8,24H,5-6,9-14H2,1-2H3,(H,25,26). The molecule has 158 valence electrons. The molecule has 0 aliphatic carbocycles. The average molecular weight is 421 g/mol. The third kappa shape index (κ3) is 4.24. The molecule has 0 unspecified atom stereocenters. The first-order valence-corrected chi connectivity index (χ1v) is 11.3. The molecule has 1 aromatic heterocycles. The zero-order chi connectivity index (χ0) is 21.2. The highest BCUT2D eigenvalue weighted by atomic mass is 32.2. The Morgan fingerprint density at radius 3 is 2.41 bits per heavy atom. The van der Waals surface area contributed by atoms with Crippen LogP contribution in [-0.2, 0) is 34.2 Å². The Labute approximate surface area is 171 Å². The number of aromatic nitrogens is 1. The molecule has 0 radical (unpaired) electrons. The lowest BCUT2D eigenvalue weighted by Gasteiger charge is -2.18. The molecule has 7 nitrogen and oxygen atoms in total. The van der Waals surface area contributed by atoms with Gasteiger partial charge in [-0.25, -0.2) is 8.42 Å². The summed E-state index contributed by atoms with van der Waals surface area (Å²) in [5.74, 6) is -0.953. The van der Waals surface area contributed by atoms with Crippen LogP contribution in [0.5, 0.6) is 0 Å². The number of aliphatic hydroxyl groups excluding tert-OH is 1. The fourth-order valence-electron chi connectivity index (χ4n) is 4.21. The molecule has 1 aliphatic heterocycles. The summed E-state index contributed by atoms with van der Waals surface area (Å²) < 4.78 is 29.5. The van der Waals surface area contributed by atoms with Crippen molar-refractivity contribution in [1.82, 2.24) is 8.87 Å². The maximum atomic E-state index is 13.1. The van der Waals surface area contributed by atoms with E-state index in [1.54, 1.807) is 21.0 Å². The van der Waals surface area contributed by atoms with Gasteiger partial charge in [0.15, 0.2) is 0 Å². The smallest absolute Gasteiger partial charge is 0.323 e. The minimum atomic E-state index is -3.56. The number of hydrogen-bond acceptors (Lipinski definition) is 4. The molecule has 0 spiro atoms. The highest BCUT2D eigenvalue weighted by molar-refractivity contribution is 7.89. The first-order valence-electron chi connectivity index (χ1n) is 9.85. The van der Waals surface area contributed by atoms with Gasteiger partial charge in [-0.05, 0) is 49.4 Å². The number of rotatable bonds is 8. The van der Waals surface area contributed by atoms with E-state index in [1.165, 1.54) is 0 Å². The van der Waals surface area contributed by atoms with Crippen molar-refractivity contribution in [2.75, 3.05) is 19.7 Å². The highest BCUT2D eigenvalue weighted by Crippen LogP contribution is 2.30. The van der Waals surface area contributed by atoms with E-state index in [2.05, 4.69) is 0 Å². The lowest BCUT2D eigenvalue weighted by Crippen LogP contribution is -2.28. The van der Waals surface area contributed by atoms with Crippen molar-refractivity contribution in [2.24, 2.45) is 0 Å². The molecule has 0 saturated carbocycles. The Hall–Kier alpha value is -2.16. The Morgan fingerprint density at radius 1 is 1.14 bits per heavy atom. The zero-order valence-electron chi connectivity index (χ0n) is 16.9. The van der Waals surface area contributed by atoms with Gasteiger partial charge in [0.25, 0.3) is 0 Å². The van der Waals surface area contributed by atoms with Crippen LogP contribution < -0.4 is 0 Å².